The Balaban J connectivity index is 0.000000453. The highest BCUT2D eigenvalue weighted by molar-refractivity contribution is 5.62. The molecule has 0 aliphatic rings. The van der Waals surface area contributed by atoms with E-state index in [0.717, 1.165) is 0 Å². The average Bonchev–Trinajstić information content (AvgIpc) is 2.31. The second-order valence-electron chi connectivity index (χ2n) is 2.98. The fourth-order valence-electron chi connectivity index (χ4n) is 1.26. The van der Waals surface area contributed by atoms with E-state index in [9.17, 15) is 13.2 Å². The molecule has 0 saturated carbocycles. The summed E-state index contributed by atoms with van der Waals surface area (Å²) < 4.78 is 29.0. The van der Waals surface area contributed by atoms with E-state index >= 15 is 0 Å². The lowest BCUT2D eigenvalue weighted by atomic mass is 10.1. The highest BCUT2D eigenvalue weighted by Crippen LogP contribution is 2.17. The van der Waals surface area contributed by atoms with Crippen molar-refractivity contribution in [2.45, 2.75) is 6.68 Å². The minimum absolute atomic E-state index is 0. The van der Waals surface area contributed by atoms with Crippen molar-refractivity contribution in [3.63, 3.8) is 0 Å². The number of halogens is 3. The Morgan fingerprint density at radius 2 is 0.824 bits per heavy atom. The summed E-state index contributed by atoms with van der Waals surface area (Å²) in [5.41, 5.74) is 2.55. The van der Waals surface area contributed by atoms with Crippen LogP contribution in [0.5, 0.6) is 0 Å². The van der Waals surface area contributed by atoms with Gasteiger partial charge in [0.25, 0.3) is 0 Å². The number of rotatable bonds is 1. The average molecular weight is 241 g/mol. The van der Waals surface area contributed by atoms with E-state index in [0.29, 0.717) is 0 Å². The first kappa shape index (κ1) is 15.2. The minimum Gasteiger partial charge on any atom is -0.344 e. The van der Waals surface area contributed by atoms with Crippen molar-refractivity contribution in [2.24, 2.45) is 0 Å². The molecule has 2 aromatic rings. The summed E-state index contributed by atoms with van der Waals surface area (Å²) in [5, 5.41) is 0. The smallest absolute Gasteiger partial charge is 0.344 e. The fraction of sp³-hybridized carbons (Fsp3) is 0.0769. The lowest BCUT2D eigenvalue weighted by Crippen LogP contribution is -1.73. The first-order chi connectivity index (χ1) is 7.70. The van der Waals surface area contributed by atoms with Crippen molar-refractivity contribution < 1.29 is 13.2 Å². The molecule has 0 bridgehead atoms. The Morgan fingerprint density at radius 1 is 0.588 bits per heavy atom. The molecule has 0 aromatic heterocycles. The number of hydrogen-bond acceptors (Lipinski definition) is 1. The molecule has 0 saturated heterocycles. The first-order valence-corrected chi connectivity index (χ1v) is 4.73. The highest BCUT2D eigenvalue weighted by Gasteiger charge is 1.91. The van der Waals surface area contributed by atoms with Crippen LogP contribution in [0.4, 0.5) is 13.2 Å². The standard InChI is InChI=1S/C12H10.CHF3.H3N/c1-3-7-11(8-4-1)12-9-5-2-6-10-12;2-1(3)4;/h1-10H;1H;1H3. The molecule has 17 heavy (non-hydrogen) atoms. The molecule has 3 N–H and O–H groups in total. The van der Waals surface area contributed by atoms with Gasteiger partial charge >= 0.3 is 6.68 Å². The largest absolute Gasteiger partial charge is 0.379 e. The van der Waals surface area contributed by atoms with Gasteiger partial charge in [0.15, 0.2) is 0 Å². The summed E-state index contributed by atoms with van der Waals surface area (Å²) in [6, 6.07) is 20.8. The molecule has 0 unspecified atom stereocenters. The number of alkyl halides is 3. The molecule has 0 radical (unpaired) electrons. The molecule has 4 heteroatoms. The molecule has 1 nitrogen and oxygen atoms in total. The lowest BCUT2D eigenvalue weighted by Gasteiger charge is -1.98. The van der Waals surface area contributed by atoms with Crippen LogP contribution < -0.4 is 6.15 Å². The van der Waals surface area contributed by atoms with Crippen LogP contribution in [0, 0.1) is 0 Å². The SMILES string of the molecule is FC(F)F.N.c1ccc(-c2ccccc2)cc1. The maximum absolute atomic E-state index is 9.67. The Labute approximate surface area is 98.5 Å². The number of benzene rings is 2. The van der Waals surface area contributed by atoms with Gasteiger partial charge in [-0.2, -0.15) is 13.2 Å². The van der Waals surface area contributed by atoms with Crippen LogP contribution in [0.1, 0.15) is 0 Å². The van der Waals surface area contributed by atoms with Crippen LogP contribution >= 0.6 is 0 Å². The van der Waals surface area contributed by atoms with Gasteiger partial charge in [-0.15, -0.1) is 0 Å². The lowest BCUT2D eigenvalue weighted by molar-refractivity contribution is 0.00819. The van der Waals surface area contributed by atoms with Gasteiger partial charge in [0.2, 0.25) is 0 Å². The monoisotopic (exact) mass is 241 g/mol. The van der Waals surface area contributed by atoms with Gasteiger partial charge in [-0.1, -0.05) is 60.7 Å². The maximum Gasteiger partial charge on any atom is 0.379 e. The van der Waals surface area contributed by atoms with Gasteiger partial charge in [-0.05, 0) is 11.1 Å². The van der Waals surface area contributed by atoms with Crippen molar-refractivity contribution in [1.29, 1.82) is 0 Å². The molecule has 0 heterocycles. The normalized spacial score (nSPS) is 8.94. The second kappa shape index (κ2) is 8.35. The fourth-order valence-corrected chi connectivity index (χ4v) is 1.26. The zero-order valence-electron chi connectivity index (χ0n) is 9.19. The minimum atomic E-state index is -3.67. The van der Waals surface area contributed by atoms with Crippen molar-refractivity contribution >= 4 is 0 Å². The van der Waals surface area contributed by atoms with E-state index in [1.54, 1.807) is 0 Å². The first-order valence-electron chi connectivity index (χ1n) is 4.73. The summed E-state index contributed by atoms with van der Waals surface area (Å²) in [7, 11) is 0. The van der Waals surface area contributed by atoms with E-state index < -0.39 is 6.68 Å². The highest BCUT2D eigenvalue weighted by atomic mass is 19.4. The van der Waals surface area contributed by atoms with E-state index in [2.05, 4.69) is 48.5 Å². The van der Waals surface area contributed by atoms with E-state index in [-0.39, 0.29) is 6.15 Å². The van der Waals surface area contributed by atoms with Crippen molar-refractivity contribution in [1.82, 2.24) is 6.15 Å². The Morgan fingerprint density at radius 3 is 1.06 bits per heavy atom. The van der Waals surface area contributed by atoms with Gasteiger partial charge < -0.3 is 6.15 Å². The van der Waals surface area contributed by atoms with Gasteiger partial charge in [-0.3, -0.25) is 0 Å². The second-order valence-corrected chi connectivity index (χ2v) is 2.98. The molecule has 2 aromatic carbocycles. The Bertz CT molecular complexity index is 350. The molecule has 0 fully saturated rings. The quantitative estimate of drug-likeness (QED) is 0.772. The van der Waals surface area contributed by atoms with Crippen LogP contribution in [-0.4, -0.2) is 6.68 Å². The summed E-state index contributed by atoms with van der Waals surface area (Å²) >= 11 is 0. The van der Waals surface area contributed by atoms with E-state index in [1.807, 2.05) is 12.1 Å². The summed E-state index contributed by atoms with van der Waals surface area (Å²) in [4.78, 5) is 0. The molecule has 0 spiro atoms. The number of hydrogen-bond donors (Lipinski definition) is 1. The van der Waals surface area contributed by atoms with Crippen LogP contribution in [0.25, 0.3) is 11.1 Å². The van der Waals surface area contributed by atoms with E-state index in [4.69, 9.17) is 0 Å². The van der Waals surface area contributed by atoms with Gasteiger partial charge in [0, 0.05) is 0 Å². The van der Waals surface area contributed by atoms with Gasteiger partial charge in [-0.25, -0.2) is 0 Å². The van der Waals surface area contributed by atoms with E-state index in [1.165, 1.54) is 11.1 Å². The topological polar surface area (TPSA) is 35.0 Å². The summed E-state index contributed by atoms with van der Waals surface area (Å²) in [5.74, 6) is 0. The van der Waals surface area contributed by atoms with Crippen LogP contribution in [-0.2, 0) is 0 Å². The van der Waals surface area contributed by atoms with Crippen LogP contribution in [0.15, 0.2) is 60.7 Å². The van der Waals surface area contributed by atoms with Crippen LogP contribution in [0.3, 0.4) is 0 Å². The molecule has 92 valence electrons. The third kappa shape index (κ3) is 6.37. The molecule has 2 rings (SSSR count). The van der Waals surface area contributed by atoms with Crippen LogP contribution in [0.2, 0.25) is 0 Å². The van der Waals surface area contributed by atoms with Crippen molar-refractivity contribution in [3.05, 3.63) is 60.7 Å². The zero-order valence-corrected chi connectivity index (χ0v) is 9.19. The van der Waals surface area contributed by atoms with Crippen molar-refractivity contribution in [3.8, 4) is 11.1 Å². The van der Waals surface area contributed by atoms with Gasteiger partial charge in [0.1, 0.15) is 0 Å². The predicted octanol–water partition coefficient (Wildman–Crippen LogP) is 4.69. The Hall–Kier alpha value is -1.81. The Kier molecular flexibility index (Phi) is 7.46. The molecule has 0 aliphatic carbocycles. The zero-order chi connectivity index (χ0) is 11.8. The molecule has 0 atom stereocenters. The van der Waals surface area contributed by atoms with Gasteiger partial charge in [0.05, 0.1) is 0 Å². The third-order valence-corrected chi connectivity index (χ3v) is 1.88. The molecule has 0 aliphatic heterocycles. The van der Waals surface area contributed by atoms with Crippen molar-refractivity contribution in [2.75, 3.05) is 0 Å². The third-order valence-electron chi connectivity index (χ3n) is 1.88. The molecular formula is C13H14F3N. The molecular weight excluding hydrogens is 227 g/mol. The summed E-state index contributed by atoms with van der Waals surface area (Å²) in [6.45, 7) is -3.67. The molecule has 0 amide bonds. The summed E-state index contributed by atoms with van der Waals surface area (Å²) in [6.07, 6.45) is 0. The maximum atomic E-state index is 9.67. The predicted molar refractivity (Wildman–Crippen MR) is 64.0 cm³/mol.